The van der Waals surface area contributed by atoms with Crippen molar-refractivity contribution in [3.63, 3.8) is 0 Å². The van der Waals surface area contributed by atoms with E-state index in [0.717, 1.165) is 0 Å². The number of hydrogen-bond donors (Lipinski definition) is 1. The van der Waals surface area contributed by atoms with Gasteiger partial charge in [0.05, 0.1) is 56.6 Å². The number of benzene rings is 3. The lowest BCUT2D eigenvalue weighted by atomic mass is 9.97. The molecule has 196 valence electrons. The Morgan fingerprint density at radius 2 is 1.82 bits per heavy atom. The highest BCUT2D eigenvalue weighted by molar-refractivity contribution is 6.33. The van der Waals surface area contributed by atoms with Gasteiger partial charge in [-0.15, -0.1) is 0 Å². The number of rotatable bonds is 8. The van der Waals surface area contributed by atoms with Gasteiger partial charge in [-0.2, -0.15) is 5.26 Å². The van der Waals surface area contributed by atoms with Gasteiger partial charge in [-0.25, -0.2) is 0 Å². The molecule has 0 bridgehead atoms. The van der Waals surface area contributed by atoms with Crippen molar-refractivity contribution in [2.45, 2.75) is 25.2 Å². The Labute approximate surface area is 224 Å². The van der Waals surface area contributed by atoms with Gasteiger partial charge in [0.2, 0.25) is 0 Å². The van der Waals surface area contributed by atoms with E-state index in [0.29, 0.717) is 45.2 Å². The van der Waals surface area contributed by atoms with Crippen molar-refractivity contribution in [1.29, 1.82) is 5.26 Å². The predicted molar refractivity (Wildman–Crippen MR) is 139 cm³/mol. The summed E-state index contributed by atoms with van der Waals surface area (Å²) in [6.45, 7) is 0.0446. The molecule has 1 N–H and O–H groups in total. The first-order chi connectivity index (χ1) is 18.3. The molecule has 2 atom stereocenters. The van der Waals surface area contributed by atoms with Gasteiger partial charge >= 0.3 is 5.97 Å². The Bertz CT molecular complexity index is 1420. The fourth-order valence-corrected chi connectivity index (χ4v) is 4.71. The number of ether oxygens (including phenoxy) is 4. The molecule has 38 heavy (non-hydrogen) atoms. The summed E-state index contributed by atoms with van der Waals surface area (Å²) in [5, 5.41) is 19.5. The number of carboxylic acid groups (broad SMARTS) is 1. The molecule has 3 aromatic carbocycles. The number of nitrogens with zero attached hydrogens (tertiary/aromatic N) is 2. The lowest BCUT2D eigenvalue weighted by Crippen LogP contribution is -2.40. The van der Waals surface area contributed by atoms with Gasteiger partial charge in [-0.05, 0) is 36.4 Å². The molecular formula is C28H25ClN2O7. The SMILES string of the molecule is COc1ccc(CN2C(=O)[C@H](CC(=O)O)O[C@@H](c3cccc(OC)c3Cl)c3cc(C#N)ccc32)c(OC)c1. The van der Waals surface area contributed by atoms with Crippen LogP contribution in [0.3, 0.4) is 0 Å². The van der Waals surface area contributed by atoms with E-state index in [4.69, 9.17) is 30.5 Å². The average Bonchev–Trinajstić information content (AvgIpc) is 3.03. The molecule has 1 aliphatic rings. The van der Waals surface area contributed by atoms with Crippen molar-refractivity contribution in [3.05, 3.63) is 81.9 Å². The van der Waals surface area contributed by atoms with Crippen LogP contribution in [0.2, 0.25) is 5.02 Å². The number of carbonyl (C=O) groups is 2. The number of halogens is 1. The van der Waals surface area contributed by atoms with Crippen molar-refractivity contribution in [3.8, 4) is 23.3 Å². The first-order valence-corrected chi connectivity index (χ1v) is 11.9. The van der Waals surface area contributed by atoms with Crippen molar-refractivity contribution < 1.29 is 33.6 Å². The number of nitriles is 1. The van der Waals surface area contributed by atoms with Gasteiger partial charge in [-0.3, -0.25) is 9.59 Å². The number of fused-ring (bicyclic) bond motifs is 1. The second-order valence-corrected chi connectivity index (χ2v) is 8.83. The fourth-order valence-electron chi connectivity index (χ4n) is 4.41. The molecule has 0 spiro atoms. The predicted octanol–water partition coefficient (Wildman–Crippen LogP) is 4.73. The maximum atomic E-state index is 13.9. The van der Waals surface area contributed by atoms with Crippen LogP contribution in [0, 0.1) is 11.3 Å². The Kier molecular flexibility index (Phi) is 8.05. The molecule has 0 saturated carbocycles. The number of anilines is 1. The summed E-state index contributed by atoms with van der Waals surface area (Å²) in [4.78, 5) is 27.1. The number of methoxy groups -OCH3 is 3. The van der Waals surface area contributed by atoms with E-state index >= 15 is 0 Å². The third kappa shape index (κ3) is 5.23. The third-order valence-corrected chi connectivity index (χ3v) is 6.65. The standard InChI is InChI=1S/C28H25ClN2O7/c1-35-18-9-8-17(23(12-18)37-3)15-31-21-10-7-16(14-30)11-20(21)27(38-24(28(31)34)13-25(32)33)19-5-4-6-22(36-2)26(19)29/h4-12,24,27H,13,15H2,1-3H3,(H,32,33)/t24-,27-/m0/s1. The summed E-state index contributed by atoms with van der Waals surface area (Å²) in [6, 6.07) is 17.3. The zero-order valence-corrected chi connectivity index (χ0v) is 21.7. The number of aliphatic carboxylic acids is 1. The normalized spacial score (nSPS) is 16.7. The van der Waals surface area contributed by atoms with Crippen LogP contribution in [0.1, 0.15) is 34.8 Å². The number of carboxylic acids is 1. The van der Waals surface area contributed by atoms with E-state index in [9.17, 15) is 20.0 Å². The van der Waals surface area contributed by atoms with Gasteiger partial charge in [0, 0.05) is 22.8 Å². The van der Waals surface area contributed by atoms with E-state index in [1.165, 1.54) is 26.2 Å². The Morgan fingerprint density at radius 1 is 1.05 bits per heavy atom. The van der Waals surface area contributed by atoms with E-state index in [1.807, 2.05) is 0 Å². The Hall–Kier alpha value is -4.26. The molecule has 10 heteroatoms. The maximum Gasteiger partial charge on any atom is 0.306 e. The van der Waals surface area contributed by atoms with Gasteiger partial charge in [0.1, 0.15) is 29.5 Å². The number of amides is 1. The summed E-state index contributed by atoms with van der Waals surface area (Å²) in [5.41, 5.74) is 2.39. The van der Waals surface area contributed by atoms with Crippen LogP contribution in [0.25, 0.3) is 0 Å². The Morgan fingerprint density at radius 3 is 2.47 bits per heavy atom. The van der Waals surface area contributed by atoms with Crippen LogP contribution in [0.4, 0.5) is 5.69 Å². The minimum absolute atomic E-state index is 0.0446. The highest BCUT2D eigenvalue weighted by Crippen LogP contribution is 2.44. The molecule has 0 radical (unpaired) electrons. The molecule has 3 aromatic rings. The molecule has 0 aromatic heterocycles. The number of hydrogen-bond acceptors (Lipinski definition) is 7. The van der Waals surface area contributed by atoms with Crippen LogP contribution < -0.4 is 19.1 Å². The molecule has 1 aliphatic heterocycles. The molecule has 1 heterocycles. The van der Waals surface area contributed by atoms with Gasteiger partial charge in [0.15, 0.2) is 0 Å². The molecule has 0 saturated heterocycles. The average molecular weight is 537 g/mol. The summed E-state index contributed by atoms with van der Waals surface area (Å²) < 4.78 is 22.4. The van der Waals surface area contributed by atoms with E-state index in [-0.39, 0.29) is 11.6 Å². The zero-order chi connectivity index (χ0) is 27.4. The molecule has 4 rings (SSSR count). The molecule has 1 amide bonds. The summed E-state index contributed by atoms with van der Waals surface area (Å²) >= 11 is 6.65. The second-order valence-electron chi connectivity index (χ2n) is 8.45. The topological polar surface area (TPSA) is 118 Å². The monoisotopic (exact) mass is 536 g/mol. The highest BCUT2D eigenvalue weighted by Gasteiger charge is 2.39. The van der Waals surface area contributed by atoms with Crippen LogP contribution in [0.15, 0.2) is 54.6 Å². The minimum atomic E-state index is -1.35. The minimum Gasteiger partial charge on any atom is -0.497 e. The molecule has 0 fully saturated rings. The molecule has 0 aliphatic carbocycles. The Balaban J connectivity index is 1.92. The van der Waals surface area contributed by atoms with Crippen LogP contribution in [0.5, 0.6) is 17.2 Å². The van der Waals surface area contributed by atoms with Crippen molar-refractivity contribution in [2.24, 2.45) is 0 Å². The maximum absolute atomic E-state index is 13.9. The van der Waals surface area contributed by atoms with Crippen molar-refractivity contribution in [2.75, 3.05) is 26.2 Å². The highest BCUT2D eigenvalue weighted by atomic mass is 35.5. The van der Waals surface area contributed by atoms with Crippen molar-refractivity contribution in [1.82, 2.24) is 0 Å². The molecule has 0 unspecified atom stereocenters. The molecule has 9 nitrogen and oxygen atoms in total. The molecular weight excluding hydrogens is 512 g/mol. The third-order valence-electron chi connectivity index (χ3n) is 6.25. The summed E-state index contributed by atoms with van der Waals surface area (Å²) in [6.07, 6.45) is -2.88. The van der Waals surface area contributed by atoms with Gasteiger partial charge < -0.3 is 29.0 Å². The first kappa shape index (κ1) is 26.8. The smallest absolute Gasteiger partial charge is 0.306 e. The summed E-state index contributed by atoms with van der Waals surface area (Å²) in [5.74, 6) is -0.315. The van der Waals surface area contributed by atoms with E-state index in [1.54, 1.807) is 54.6 Å². The largest absolute Gasteiger partial charge is 0.497 e. The fraction of sp³-hybridized carbons (Fsp3) is 0.250. The second kappa shape index (κ2) is 11.4. The summed E-state index contributed by atoms with van der Waals surface area (Å²) in [7, 11) is 4.52. The van der Waals surface area contributed by atoms with E-state index in [2.05, 4.69) is 6.07 Å². The van der Waals surface area contributed by atoms with Crippen LogP contribution in [-0.4, -0.2) is 44.4 Å². The first-order valence-electron chi connectivity index (χ1n) is 11.6. The zero-order valence-electron chi connectivity index (χ0n) is 20.9. The van der Waals surface area contributed by atoms with Gasteiger partial charge in [0.25, 0.3) is 5.91 Å². The van der Waals surface area contributed by atoms with E-state index < -0.39 is 30.5 Å². The number of carbonyl (C=O) groups excluding carboxylic acids is 1. The van der Waals surface area contributed by atoms with Gasteiger partial charge in [-0.1, -0.05) is 23.7 Å². The van der Waals surface area contributed by atoms with Crippen molar-refractivity contribution >= 4 is 29.2 Å². The lowest BCUT2D eigenvalue weighted by Gasteiger charge is -2.26. The van der Waals surface area contributed by atoms with Crippen LogP contribution in [-0.2, 0) is 20.9 Å². The van der Waals surface area contributed by atoms with Crippen LogP contribution >= 0.6 is 11.6 Å². The lowest BCUT2D eigenvalue weighted by molar-refractivity contribution is -0.146. The quantitative estimate of drug-likeness (QED) is 0.439.